The van der Waals surface area contributed by atoms with Crippen LogP contribution in [0.3, 0.4) is 0 Å². The molecule has 1 unspecified atom stereocenters. The summed E-state index contributed by atoms with van der Waals surface area (Å²) in [6.45, 7) is 6.37. The van der Waals surface area contributed by atoms with Gasteiger partial charge in [0.15, 0.2) is 5.84 Å². The number of allylic oxidation sites excluding steroid dienone is 5. The minimum Gasteiger partial charge on any atom is -0.498 e. The molecule has 0 fully saturated rings. The van der Waals surface area contributed by atoms with Crippen LogP contribution in [-0.2, 0) is 4.74 Å². The Morgan fingerprint density at radius 3 is 2.87 bits per heavy atom. The van der Waals surface area contributed by atoms with Gasteiger partial charge in [0.25, 0.3) is 0 Å². The molecule has 0 aromatic heterocycles. The molecule has 2 aromatic carbocycles. The van der Waals surface area contributed by atoms with Crippen molar-refractivity contribution < 1.29 is 13.9 Å². The van der Waals surface area contributed by atoms with E-state index < -0.39 is 0 Å². The third kappa shape index (κ3) is 6.18. The molecule has 0 bridgehead atoms. The van der Waals surface area contributed by atoms with Crippen LogP contribution in [0.1, 0.15) is 57.1 Å². The summed E-state index contributed by atoms with van der Waals surface area (Å²) in [7, 11) is 0. The van der Waals surface area contributed by atoms with E-state index in [-0.39, 0.29) is 5.82 Å². The van der Waals surface area contributed by atoms with Crippen LogP contribution in [0.2, 0.25) is 0 Å². The molecule has 5 rings (SSSR count). The Morgan fingerprint density at radius 2 is 2.00 bits per heavy atom. The van der Waals surface area contributed by atoms with E-state index in [9.17, 15) is 4.39 Å². The Kier molecular flexibility index (Phi) is 8.27. The molecular formula is C32H34FN3O2. The number of rotatable bonds is 7. The number of hydrogen-bond acceptors (Lipinski definition) is 5. The van der Waals surface area contributed by atoms with Crippen molar-refractivity contribution in [1.29, 1.82) is 0 Å². The van der Waals surface area contributed by atoms with Crippen molar-refractivity contribution in [3.05, 3.63) is 94.7 Å². The van der Waals surface area contributed by atoms with E-state index >= 15 is 0 Å². The van der Waals surface area contributed by atoms with Crippen molar-refractivity contribution in [1.82, 2.24) is 0 Å². The maximum atomic E-state index is 14.2. The number of nitrogens with zero attached hydrogens (tertiary/aromatic N) is 3. The topological polar surface area (TPSA) is 55.5 Å². The molecule has 0 spiro atoms. The third-order valence-electron chi connectivity index (χ3n) is 6.96. The van der Waals surface area contributed by atoms with Crippen LogP contribution in [0.5, 0.6) is 5.75 Å². The second-order valence-corrected chi connectivity index (χ2v) is 9.92. The fourth-order valence-electron chi connectivity index (χ4n) is 4.88. The van der Waals surface area contributed by atoms with Crippen molar-refractivity contribution in [2.24, 2.45) is 20.9 Å². The first-order valence-electron chi connectivity index (χ1n) is 13.5. The Morgan fingerprint density at radius 1 is 1.11 bits per heavy atom. The molecule has 0 amide bonds. The highest BCUT2D eigenvalue weighted by Crippen LogP contribution is 2.32. The van der Waals surface area contributed by atoms with Crippen molar-refractivity contribution in [2.45, 2.75) is 46.0 Å². The maximum Gasteiger partial charge on any atom is 0.163 e. The third-order valence-corrected chi connectivity index (χ3v) is 6.96. The van der Waals surface area contributed by atoms with Crippen molar-refractivity contribution >= 4 is 23.3 Å². The predicted molar refractivity (Wildman–Crippen MR) is 153 cm³/mol. The average Bonchev–Trinajstić information content (AvgIpc) is 3.26. The summed E-state index contributed by atoms with van der Waals surface area (Å²) in [5, 5.41) is 0. The molecule has 0 radical (unpaired) electrons. The molecule has 3 heterocycles. The highest BCUT2D eigenvalue weighted by molar-refractivity contribution is 6.42. The van der Waals surface area contributed by atoms with Gasteiger partial charge < -0.3 is 9.47 Å². The lowest BCUT2D eigenvalue weighted by atomic mass is 9.95. The zero-order valence-corrected chi connectivity index (χ0v) is 22.1. The molecule has 5 nitrogen and oxygen atoms in total. The lowest BCUT2D eigenvalue weighted by Crippen LogP contribution is -2.08. The van der Waals surface area contributed by atoms with Crippen LogP contribution in [0.15, 0.2) is 92.7 Å². The Labute approximate surface area is 224 Å². The van der Waals surface area contributed by atoms with Gasteiger partial charge in [-0.15, -0.1) is 0 Å². The van der Waals surface area contributed by atoms with Gasteiger partial charge in [-0.2, -0.15) is 0 Å². The fraction of sp³-hybridized carbons (Fsp3) is 0.344. The van der Waals surface area contributed by atoms with Crippen LogP contribution in [-0.4, -0.2) is 37.5 Å². The molecule has 6 heteroatoms. The highest BCUT2D eigenvalue weighted by Gasteiger charge is 2.21. The van der Waals surface area contributed by atoms with E-state index in [0.717, 1.165) is 54.9 Å². The van der Waals surface area contributed by atoms with E-state index in [0.29, 0.717) is 42.8 Å². The minimum atomic E-state index is -0.319. The van der Waals surface area contributed by atoms with E-state index in [1.807, 2.05) is 6.07 Å². The van der Waals surface area contributed by atoms with Crippen molar-refractivity contribution in [3.63, 3.8) is 0 Å². The summed E-state index contributed by atoms with van der Waals surface area (Å²) in [6, 6.07) is 14.9. The van der Waals surface area contributed by atoms with Gasteiger partial charge in [0.2, 0.25) is 0 Å². The lowest BCUT2D eigenvalue weighted by Gasteiger charge is -2.16. The zero-order chi connectivity index (χ0) is 26.3. The summed E-state index contributed by atoms with van der Waals surface area (Å²) >= 11 is 0. The quantitative estimate of drug-likeness (QED) is 0.390. The van der Waals surface area contributed by atoms with E-state index in [2.05, 4.69) is 54.2 Å². The molecule has 1 atom stereocenters. The van der Waals surface area contributed by atoms with Crippen LogP contribution < -0.4 is 4.74 Å². The van der Waals surface area contributed by atoms with Crippen LogP contribution in [0.25, 0.3) is 5.57 Å². The number of amidine groups is 1. The van der Waals surface area contributed by atoms with E-state index in [1.54, 1.807) is 24.4 Å². The summed E-state index contributed by atoms with van der Waals surface area (Å²) in [5.74, 6) is 2.32. The first kappa shape index (κ1) is 25.8. The monoisotopic (exact) mass is 511 g/mol. The molecule has 0 saturated heterocycles. The number of fused-ring (bicyclic) bond motifs is 1. The SMILES string of the molecule is CCCOc1cccc(C2=C(C)CCOC(CC3CCC=C4N=C(c5ccccc5F)N=C4C=NC3)=C2)c1. The maximum absolute atomic E-state index is 14.2. The smallest absolute Gasteiger partial charge is 0.163 e. The highest BCUT2D eigenvalue weighted by atomic mass is 19.1. The lowest BCUT2D eigenvalue weighted by molar-refractivity contribution is 0.196. The molecule has 3 aliphatic rings. The average molecular weight is 512 g/mol. The first-order chi connectivity index (χ1) is 18.6. The summed E-state index contributed by atoms with van der Waals surface area (Å²) < 4.78 is 26.3. The Bertz CT molecular complexity index is 1370. The van der Waals surface area contributed by atoms with Crippen molar-refractivity contribution in [3.8, 4) is 5.75 Å². The zero-order valence-electron chi connectivity index (χ0n) is 22.1. The molecule has 0 aliphatic carbocycles. The summed E-state index contributed by atoms with van der Waals surface area (Å²) in [6.07, 6.45) is 10.6. The second-order valence-electron chi connectivity index (χ2n) is 9.92. The largest absolute Gasteiger partial charge is 0.498 e. The van der Waals surface area contributed by atoms with Crippen LogP contribution >= 0.6 is 0 Å². The first-order valence-corrected chi connectivity index (χ1v) is 13.5. The van der Waals surface area contributed by atoms with Gasteiger partial charge in [0, 0.05) is 25.6 Å². The molecule has 38 heavy (non-hydrogen) atoms. The Balaban J connectivity index is 1.30. The van der Waals surface area contributed by atoms with E-state index in [1.165, 1.54) is 17.2 Å². The molecule has 2 aromatic rings. The van der Waals surface area contributed by atoms with Gasteiger partial charge in [-0.3, -0.25) is 4.99 Å². The van der Waals surface area contributed by atoms with E-state index in [4.69, 9.17) is 14.5 Å². The number of halogens is 1. The van der Waals surface area contributed by atoms with Crippen LogP contribution in [0, 0.1) is 11.7 Å². The van der Waals surface area contributed by atoms with Gasteiger partial charge in [0.1, 0.15) is 17.3 Å². The molecule has 0 N–H and O–H groups in total. The number of ether oxygens (including phenoxy) is 2. The molecule has 3 aliphatic heterocycles. The fourth-order valence-corrected chi connectivity index (χ4v) is 4.88. The van der Waals surface area contributed by atoms with Gasteiger partial charge in [-0.05, 0) is 73.6 Å². The Hall–Kier alpha value is -3.80. The molecule has 196 valence electrons. The van der Waals surface area contributed by atoms with Gasteiger partial charge in [0.05, 0.1) is 30.2 Å². The summed E-state index contributed by atoms with van der Waals surface area (Å²) in [5.41, 5.74) is 5.57. The van der Waals surface area contributed by atoms with Gasteiger partial charge in [-0.25, -0.2) is 14.4 Å². The molecular weight excluding hydrogens is 477 g/mol. The predicted octanol–water partition coefficient (Wildman–Crippen LogP) is 7.35. The summed E-state index contributed by atoms with van der Waals surface area (Å²) in [4.78, 5) is 13.9. The normalized spacial score (nSPS) is 19.6. The minimum absolute atomic E-state index is 0.319. The van der Waals surface area contributed by atoms with Gasteiger partial charge in [-0.1, -0.05) is 42.8 Å². The van der Waals surface area contributed by atoms with Gasteiger partial charge >= 0.3 is 0 Å². The number of aliphatic imine (C=N–C) groups is 3. The van der Waals surface area contributed by atoms with Crippen molar-refractivity contribution in [2.75, 3.05) is 19.8 Å². The molecule has 0 saturated carbocycles. The number of benzene rings is 2. The standard InChI is InChI=1S/C32H34FN3O2/c1-3-15-37-25-10-7-9-24(18-25)28-19-26(38-16-14-22(28)2)17-23-8-6-13-30-31(21-34-20-23)36-32(35-30)27-11-4-5-12-29(27)33/h4-5,7,9-13,18-19,21,23H,3,6,8,14-17,20H2,1-2H3. The van der Waals surface area contributed by atoms with Crippen LogP contribution in [0.4, 0.5) is 4.39 Å². The number of hydrogen-bond donors (Lipinski definition) is 0. The second kappa shape index (κ2) is 12.2.